The van der Waals surface area contributed by atoms with Gasteiger partial charge in [-0.15, -0.1) is 0 Å². The van der Waals surface area contributed by atoms with Crippen LogP contribution in [0.25, 0.3) is 6.08 Å². The van der Waals surface area contributed by atoms with E-state index >= 15 is 0 Å². The van der Waals surface area contributed by atoms with Gasteiger partial charge in [-0.2, -0.15) is 0 Å². The van der Waals surface area contributed by atoms with Crippen LogP contribution >= 0.6 is 0 Å². The highest BCUT2D eigenvalue weighted by Gasteiger charge is 2.21. The number of benzene rings is 1. The number of anilines is 1. The Kier molecular flexibility index (Phi) is 6.62. The van der Waals surface area contributed by atoms with E-state index in [2.05, 4.69) is 10.6 Å². The minimum atomic E-state index is -0.328. The first-order chi connectivity index (χ1) is 12.0. The standard InChI is InChI=1S/C19H26N4O2/c1-13(6-2-5-9-18(24)23-15-10-11-15)22-19(25)17(21)12-14-7-3-4-8-16(14)20/h3-5,7-9,12-13,15H,2,6,10-11,20-21H2,1H3,(H,22,25)(H,23,24)/b9-5+,17-12-/t13-/m1/s1. The summed E-state index contributed by atoms with van der Waals surface area (Å²) in [6.45, 7) is 1.90. The van der Waals surface area contributed by atoms with Crippen LogP contribution in [-0.4, -0.2) is 23.9 Å². The predicted molar refractivity (Wildman–Crippen MR) is 100 cm³/mol. The molecule has 1 aliphatic carbocycles. The Morgan fingerprint density at radius 3 is 2.72 bits per heavy atom. The van der Waals surface area contributed by atoms with Gasteiger partial charge in [-0.3, -0.25) is 9.59 Å². The van der Waals surface area contributed by atoms with Crippen molar-refractivity contribution in [3.63, 3.8) is 0 Å². The van der Waals surface area contributed by atoms with Gasteiger partial charge in [0, 0.05) is 17.8 Å². The van der Waals surface area contributed by atoms with Gasteiger partial charge in [0.25, 0.3) is 5.91 Å². The summed E-state index contributed by atoms with van der Waals surface area (Å²) < 4.78 is 0. The molecule has 1 aromatic carbocycles. The number of amides is 2. The number of carbonyl (C=O) groups excluding carboxylic acids is 2. The fourth-order valence-electron chi connectivity index (χ4n) is 2.27. The summed E-state index contributed by atoms with van der Waals surface area (Å²) in [7, 11) is 0. The second-order valence-electron chi connectivity index (χ2n) is 6.37. The first-order valence-corrected chi connectivity index (χ1v) is 8.55. The molecule has 6 nitrogen and oxygen atoms in total. The molecule has 0 heterocycles. The second-order valence-corrected chi connectivity index (χ2v) is 6.37. The van der Waals surface area contributed by atoms with E-state index in [0.717, 1.165) is 19.3 Å². The summed E-state index contributed by atoms with van der Waals surface area (Å²) in [6.07, 6.45) is 8.52. The van der Waals surface area contributed by atoms with E-state index in [-0.39, 0.29) is 23.6 Å². The number of hydrogen-bond donors (Lipinski definition) is 4. The molecular weight excluding hydrogens is 316 g/mol. The van der Waals surface area contributed by atoms with Crippen molar-refractivity contribution in [1.29, 1.82) is 0 Å². The molecule has 0 aliphatic heterocycles. The molecule has 1 aliphatic rings. The maximum absolute atomic E-state index is 12.1. The quantitative estimate of drug-likeness (QED) is 0.425. The molecule has 0 radical (unpaired) electrons. The van der Waals surface area contributed by atoms with Crippen molar-refractivity contribution in [2.45, 2.75) is 44.7 Å². The zero-order valence-corrected chi connectivity index (χ0v) is 14.5. The highest BCUT2D eigenvalue weighted by Crippen LogP contribution is 2.18. The molecule has 0 bridgehead atoms. The average Bonchev–Trinajstić information content (AvgIpc) is 3.37. The number of hydrogen-bond acceptors (Lipinski definition) is 4. The molecule has 0 spiro atoms. The van der Waals surface area contributed by atoms with Crippen molar-refractivity contribution in [2.75, 3.05) is 5.73 Å². The SMILES string of the molecule is C[C@H](CC/C=C/C(=O)NC1CC1)NC(=O)/C(N)=C/c1ccccc1N. The van der Waals surface area contributed by atoms with Crippen molar-refractivity contribution in [3.8, 4) is 0 Å². The molecule has 0 unspecified atom stereocenters. The van der Waals surface area contributed by atoms with Crippen LogP contribution < -0.4 is 22.1 Å². The Hall–Kier alpha value is -2.76. The van der Waals surface area contributed by atoms with Gasteiger partial charge in [-0.05, 0) is 56.4 Å². The van der Waals surface area contributed by atoms with Crippen molar-refractivity contribution in [2.24, 2.45) is 5.73 Å². The number of nitrogens with one attached hydrogen (secondary N) is 2. The minimum absolute atomic E-state index is 0.0492. The summed E-state index contributed by atoms with van der Waals surface area (Å²) in [4.78, 5) is 23.6. The Labute approximate surface area is 148 Å². The Morgan fingerprint density at radius 2 is 2.04 bits per heavy atom. The normalized spacial score (nSPS) is 15.8. The molecule has 1 fully saturated rings. The summed E-state index contributed by atoms with van der Waals surface area (Å²) in [5.74, 6) is -0.377. The first kappa shape index (κ1) is 18.6. The van der Waals surface area contributed by atoms with Crippen molar-refractivity contribution < 1.29 is 9.59 Å². The number of carbonyl (C=O) groups is 2. The van der Waals surface area contributed by atoms with E-state index in [1.54, 1.807) is 24.3 Å². The van der Waals surface area contributed by atoms with Gasteiger partial charge in [-0.1, -0.05) is 24.3 Å². The van der Waals surface area contributed by atoms with Gasteiger partial charge in [0.15, 0.2) is 0 Å². The zero-order chi connectivity index (χ0) is 18.2. The molecule has 1 aromatic rings. The smallest absolute Gasteiger partial charge is 0.267 e. The molecule has 1 atom stereocenters. The van der Waals surface area contributed by atoms with E-state index in [4.69, 9.17) is 11.5 Å². The lowest BCUT2D eigenvalue weighted by atomic mass is 10.1. The van der Waals surface area contributed by atoms with Crippen LogP contribution in [-0.2, 0) is 9.59 Å². The highest BCUT2D eigenvalue weighted by atomic mass is 16.2. The van der Waals surface area contributed by atoms with Gasteiger partial charge < -0.3 is 22.1 Å². The Morgan fingerprint density at radius 1 is 1.32 bits per heavy atom. The van der Waals surface area contributed by atoms with Crippen LogP contribution in [0.3, 0.4) is 0 Å². The van der Waals surface area contributed by atoms with Crippen LogP contribution in [0.2, 0.25) is 0 Å². The molecule has 0 saturated heterocycles. The lowest BCUT2D eigenvalue weighted by molar-refractivity contribution is -0.118. The fraction of sp³-hybridized carbons (Fsp3) is 0.368. The molecule has 2 amide bonds. The van der Waals surface area contributed by atoms with Crippen LogP contribution in [0.15, 0.2) is 42.1 Å². The van der Waals surface area contributed by atoms with Gasteiger partial charge in [0.1, 0.15) is 0 Å². The third-order valence-electron chi connectivity index (χ3n) is 3.91. The maximum Gasteiger partial charge on any atom is 0.267 e. The molecule has 6 N–H and O–H groups in total. The second kappa shape index (κ2) is 8.92. The molecule has 6 heteroatoms. The number of nitrogen functional groups attached to an aromatic ring is 1. The first-order valence-electron chi connectivity index (χ1n) is 8.55. The van der Waals surface area contributed by atoms with Gasteiger partial charge >= 0.3 is 0 Å². The lowest BCUT2D eigenvalue weighted by Crippen LogP contribution is -2.35. The van der Waals surface area contributed by atoms with Crippen LogP contribution in [0.1, 0.15) is 38.2 Å². The monoisotopic (exact) mass is 342 g/mol. The van der Waals surface area contributed by atoms with Crippen LogP contribution in [0, 0.1) is 0 Å². The van der Waals surface area contributed by atoms with E-state index < -0.39 is 0 Å². The van der Waals surface area contributed by atoms with Crippen molar-refractivity contribution in [1.82, 2.24) is 10.6 Å². The minimum Gasteiger partial charge on any atom is -0.398 e. The summed E-state index contributed by atoms with van der Waals surface area (Å²) in [5.41, 5.74) is 13.1. The molecule has 0 aromatic heterocycles. The number of allylic oxidation sites excluding steroid dienone is 1. The Balaban J connectivity index is 1.74. The van der Waals surface area contributed by atoms with E-state index in [1.165, 1.54) is 0 Å². The average molecular weight is 342 g/mol. The predicted octanol–water partition coefficient (Wildman–Crippen LogP) is 1.69. The Bertz CT molecular complexity index is 678. The van der Waals surface area contributed by atoms with E-state index in [1.807, 2.05) is 25.1 Å². The maximum atomic E-state index is 12.1. The van der Waals surface area contributed by atoms with Crippen LogP contribution in [0.4, 0.5) is 5.69 Å². The summed E-state index contributed by atoms with van der Waals surface area (Å²) in [5, 5.41) is 5.73. The third-order valence-corrected chi connectivity index (χ3v) is 3.91. The van der Waals surface area contributed by atoms with E-state index in [0.29, 0.717) is 23.7 Å². The molecule has 2 rings (SSSR count). The zero-order valence-electron chi connectivity index (χ0n) is 14.5. The van der Waals surface area contributed by atoms with Crippen molar-refractivity contribution in [3.05, 3.63) is 47.7 Å². The van der Waals surface area contributed by atoms with E-state index in [9.17, 15) is 9.59 Å². The largest absolute Gasteiger partial charge is 0.398 e. The molecular formula is C19H26N4O2. The van der Waals surface area contributed by atoms with Gasteiger partial charge in [-0.25, -0.2) is 0 Å². The fourth-order valence-corrected chi connectivity index (χ4v) is 2.27. The third kappa shape index (κ3) is 6.71. The molecule has 25 heavy (non-hydrogen) atoms. The highest BCUT2D eigenvalue weighted by molar-refractivity contribution is 5.97. The van der Waals surface area contributed by atoms with Crippen molar-refractivity contribution >= 4 is 23.6 Å². The number of nitrogens with two attached hydrogens (primary N) is 2. The lowest BCUT2D eigenvalue weighted by Gasteiger charge is -2.13. The summed E-state index contributed by atoms with van der Waals surface area (Å²) in [6, 6.07) is 7.53. The molecule has 134 valence electrons. The number of rotatable bonds is 8. The molecule has 1 saturated carbocycles. The van der Waals surface area contributed by atoms with Gasteiger partial charge in [0.2, 0.25) is 5.91 Å². The summed E-state index contributed by atoms with van der Waals surface area (Å²) >= 11 is 0. The number of para-hydroxylation sites is 1. The van der Waals surface area contributed by atoms with Crippen LogP contribution in [0.5, 0.6) is 0 Å². The van der Waals surface area contributed by atoms with Gasteiger partial charge in [0.05, 0.1) is 5.70 Å². The topological polar surface area (TPSA) is 110 Å².